The molecule has 1 N–H and O–H groups in total. The summed E-state index contributed by atoms with van der Waals surface area (Å²) in [6.07, 6.45) is 0. The normalized spacial score (nSPS) is 10.8. The van der Waals surface area contributed by atoms with Crippen LogP contribution < -0.4 is 5.32 Å². The summed E-state index contributed by atoms with van der Waals surface area (Å²) in [6, 6.07) is 21.7. The maximum Gasteiger partial charge on any atom is 0.257 e. The van der Waals surface area contributed by atoms with E-state index in [-0.39, 0.29) is 5.91 Å². The van der Waals surface area contributed by atoms with Crippen LogP contribution in [0.1, 0.15) is 15.9 Å². The molecule has 0 unspecified atom stereocenters. The van der Waals surface area contributed by atoms with Gasteiger partial charge in [0, 0.05) is 11.1 Å². The van der Waals surface area contributed by atoms with E-state index in [1.165, 1.54) is 11.3 Å². The zero-order valence-electron chi connectivity index (χ0n) is 13.6. The minimum absolute atomic E-state index is 0.183. The molecular weight excluding hydrogens is 330 g/mol. The van der Waals surface area contributed by atoms with Gasteiger partial charge in [-0.05, 0) is 35.9 Å². The van der Waals surface area contributed by atoms with Gasteiger partial charge in [-0.25, -0.2) is 0 Å². The fourth-order valence-electron chi connectivity index (χ4n) is 2.67. The van der Waals surface area contributed by atoms with Gasteiger partial charge in [0.2, 0.25) is 5.13 Å². The lowest BCUT2D eigenvalue weighted by atomic mass is 10.1. The molecule has 0 aliphatic heterocycles. The summed E-state index contributed by atoms with van der Waals surface area (Å²) >= 11 is 1.37. The van der Waals surface area contributed by atoms with Crippen LogP contribution in [0.25, 0.3) is 21.3 Å². The van der Waals surface area contributed by atoms with Gasteiger partial charge in [0.15, 0.2) is 0 Å². The summed E-state index contributed by atoms with van der Waals surface area (Å²) in [6.45, 7) is 2.03. The van der Waals surface area contributed by atoms with E-state index in [0.29, 0.717) is 10.7 Å². The zero-order chi connectivity index (χ0) is 17.2. The maximum absolute atomic E-state index is 12.5. The molecule has 1 heterocycles. The third-order valence-corrected chi connectivity index (χ3v) is 4.81. The third-order valence-electron chi connectivity index (χ3n) is 3.92. The highest BCUT2D eigenvalue weighted by molar-refractivity contribution is 7.18. The minimum Gasteiger partial charge on any atom is -0.296 e. The van der Waals surface area contributed by atoms with Crippen molar-refractivity contribution >= 4 is 33.1 Å². The second-order valence-corrected chi connectivity index (χ2v) is 6.78. The molecule has 25 heavy (non-hydrogen) atoms. The van der Waals surface area contributed by atoms with Crippen LogP contribution in [0, 0.1) is 6.92 Å². The molecule has 0 fully saturated rings. The molecule has 0 radical (unpaired) electrons. The highest BCUT2D eigenvalue weighted by Gasteiger charge is 2.12. The lowest BCUT2D eigenvalue weighted by molar-refractivity contribution is 0.102. The molecule has 5 heteroatoms. The second-order valence-electron chi connectivity index (χ2n) is 5.80. The van der Waals surface area contributed by atoms with Crippen molar-refractivity contribution in [2.75, 3.05) is 5.32 Å². The van der Waals surface area contributed by atoms with Crippen LogP contribution >= 0.6 is 11.3 Å². The van der Waals surface area contributed by atoms with Crippen molar-refractivity contribution in [1.82, 2.24) is 10.2 Å². The van der Waals surface area contributed by atoms with Gasteiger partial charge >= 0.3 is 0 Å². The Morgan fingerprint density at radius 1 is 0.920 bits per heavy atom. The van der Waals surface area contributed by atoms with Gasteiger partial charge < -0.3 is 0 Å². The van der Waals surface area contributed by atoms with Gasteiger partial charge in [0.25, 0.3) is 5.91 Å². The molecule has 3 aromatic carbocycles. The first-order valence-electron chi connectivity index (χ1n) is 7.90. The summed E-state index contributed by atoms with van der Waals surface area (Å²) in [5.41, 5.74) is 2.77. The summed E-state index contributed by atoms with van der Waals surface area (Å²) < 4.78 is 0. The van der Waals surface area contributed by atoms with Crippen LogP contribution in [0.4, 0.5) is 5.13 Å². The Hall–Kier alpha value is -3.05. The number of hydrogen-bond acceptors (Lipinski definition) is 4. The van der Waals surface area contributed by atoms with E-state index in [0.717, 1.165) is 26.9 Å². The number of hydrogen-bond donors (Lipinski definition) is 1. The van der Waals surface area contributed by atoms with Crippen molar-refractivity contribution in [3.63, 3.8) is 0 Å². The number of benzene rings is 3. The largest absolute Gasteiger partial charge is 0.296 e. The van der Waals surface area contributed by atoms with Crippen molar-refractivity contribution in [2.45, 2.75) is 6.92 Å². The Kier molecular flexibility index (Phi) is 3.99. The van der Waals surface area contributed by atoms with E-state index >= 15 is 0 Å². The van der Waals surface area contributed by atoms with Crippen molar-refractivity contribution in [2.24, 2.45) is 0 Å². The number of amides is 1. The molecule has 1 amide bonds. The number of anilines is 1. The number of nitrogens with one attached hydrogen (secondary N) is 1. The predicted molar refractivity (Wildman–Crippen MR) is 102 cm³/mol. The van der Waals surface area contributed by atoms with Gasteiger partial charge in [-0.1, -0.05) is 65.4 Å². The zero-order valence-corrected chi connectivity index (χ0v) is 14.4. The fourth-order valence-corrected chi connectivity index (χ4v) is 3.40. The fraction of sp³-hybridized carbons (Fsp3) is 0.0500. The SMILES string of the molecule is Cc1cccc(-c2nnc(NC(=O)c3ccc4ccccc4c3)s2)c1. The Morgan fingerprint density at radius 3 is 2.60 bits per heavy atom. The number of fused-ring (bicyclic) bond motifs is 1. The molecule has 4 nitrogen and oxygen atoms in total. The first kappa shape index (κ1) is 15.5. The molecule has 0 aliphatic rings. The molecular formula is C20H15N3OS. The molecule has 4 rings (SSSR count). The lowest BCUT2D eigenvalue weighted by Gasteiger charge is -2.03. The third kappa shape index (κ3) is 3.27. The van der Waals surface area contributed by atoms with Crippen molar-refractivity contribution in [3.8, 4) is 10.6 Å². The second kappa shape index (κ2) is 6.45. The molecule has 4 aromatic rings. The van der Waals surface area contributed by atoms with E-state index in [9.17, 15) is 4.79 Å². The lowest BCUT2D eigenvalue weighted by Crippen LogP contribution is -2.11. The van der Waals surface area contributed by atoms with Crippen molar-refractivity contribution in [3.05, 3.63) is 77.9 Å². The summed E-state index contributed by atoms with van der Waals surface area (Å²) in [4.78, 5) is 12.5. The number of rotatable bonds is 3. The first-order valence-corrected chi connectivity index (χ1v) is 8.71. The van der Waals surface area contributed by atoms with Crippen LogP contribution in [0.3, 0.4) is 0 Å². The topological polar surface area (TPSA) is 54.9 Å². The van der Waals surface area contributed by atoms with E-state index in [2.05, 4.69) is 21.6 Å². The van der Waals surface area contributed by atoms with Gasteiger partial charge in [-0.3, -0.25) is 10.1 Å². The smallest absolute Gasteiger partial charge is 0.257 e. The van der Waals surface area contributed by atoms with Crippen LogP contribution in [0.15, 0.2) is 66.7 Å². The number of carbonyl (C=O) groups is 1. The van der Waals surface area contributed by atoms with Crippen LogP contribution in [0.5, 0.6) is 0 Å². The number of aryl methyl sites for hydroxylation is 1. The number of nitrogens with zero attached hydrogens (tertiary/aromatic N) is 2. The average molecular weight is 345 g/mol. The highest BCUT2D eigenvalue weighted by Crippen LogP contribution is 2.27. The summed E-state index contributed by atoms with van der Waals surface area (Å²) in [5.74, 6) is -0.183. The Labute approximate surface area is 149 Å². The molecule has 1 aromatic heterocycles. The molecule has 0 atom stereocenters. The quantitative estimate of drug-likeness (QED) is 0.573. The predicted octanol–water partition coefficient (Wildman–Crippen LogP) is 4.92. The van der Waals surface area contributed by atoms with Crippen molar-refractivity contribution in [1.29, 1.82) is 0 Å². The average Bonchev–Trinajstić information content (AvgIpc) is 3.10. The van der Waals surface area contributed by atoms with Gasteiger partial charge in [-0.2, -0.15) is 0 Å². The van der Waals surface area contributed by atoms with Crippen LogP contribution in [-0.2, 0) is 0 Å². The standard InChI is InChI=1S/C20H15N3OS/c1-13-5-4-8-17(11-13)19-22-23-20(25-19)21-18(24)16-10-9-14-6-2-3-7-15(14)12-16/h2-12H,1H3,(H,21,23,24). The van der Waals surface area contributed by atoms with E-state index < -0.39 is 0 Å². The minimum atomic E-state index is -0.183. The molecule has 0 bridgehead atoms. The molecule has 0 spiro atoms. The molecule has 0 aliphatic carbocycles. The first-order chi connectivity index (χ1) is 12.2. The van der Waals surface area contributed by atoms with Gasteiger partial charge in [-0.15, -0.1) is 10.2 Å². The number of aromatic nitrogens is 2. The van der Waals surface area contributed by atoms with Gasteiger partial charge in [0.05, 0.1) is 0 Å². The van der Waals surface area contributed by atoms with Crippen LogP contribution in [0.2, 0.25) is 0 Å². The Bertz CT molecular complexity index is 1070. The van der Waals surface area contributed by atoms with E-state index in [1.54, 1.807) is 0 Å². The van der Waals surface area contributed by atoms with E-state index in [1.807, 2.05) is 67.6 Å². The van der Waals surface area contributed by atoms with Crippen LogP contribution in [-0.4, -0.2) is 16.1 Å². The van der Waals surface area contributed by atoms with Gasteiger partial charge in [0.1, 0.15) is 5.01 Å². The van der Waals surface area contributed by atoms with Crippen molar-refractivity contribution < 1.29 is 4.79 Å². The molecule has 122 valence electrons. The maximum atomic E-state index is 12.5. The highest BCUT2D eigenvalue weighted by atomic mass is 32.1. The van der Waals surface area contributed by atoms with E-state index in [4.69, 9.17) is 0 Å². The Morgan fingerprint density at radius 2 is 1.76 bits per heavy atom. The molecule has 0 saturated carbocycles. The summed E-state index contributed by atoms with van der Waals surface area (Å²) in [7, 11) is 0. The molecule has 0 saturated heterocycles. The summed E-state index contributed by atoms with van der Waals surface area (Å²) in [5, 5.41) is 14.5. The Balaban J connectivity index is 1.56. The number of carbonyl (C=O) groups excluding carboxylic acids is 1. The monoisotopic (exact) mass is 345 g/mol.